The van der Waals surface area contributed by atoms with Crippen molar-refractivity contribution in [3.05, 3.63) is 11.8 Å². The predicted molar refractivity (Wildman–Crippen MR) is 51.9 cm³/mol. The summed E-state index contributed by atoms with van der Waals surface area (Å²) < 4.78 is 14.0. The van der Waals surface area contributed by atoms with Gasteiger partial charge in [-0.15, -0.1) is 0 Å². The molecule has 1 unspecified atom stereocenters. The Morgan fingerprint density at radius 2 is 2.29 bits per heavy atom. The van der Waals surface area contributed by atoms with Gasteiger partial charge in [0.05, 0.1) is 12.4 Å². The molecule has 0 saturated heterocycles. The zero-order valence-electron chi connectivity index (χ0n) is 8.26. The van der Waals surface area contributed by atoms with Crippen LogP contribution in [0.5, 0.6) is 5.88 Å². The number of nitrogens with zero attached hydrogens (tertiary/aromatic N) is 1. The van der Waals surface area contributed by atoms with Gasteiger partial charge in [-0.05, 0) is 11.1 Å². The highest BCUT2D eigenvalue weighted by Gasteiger charge is 2.22. The summed E-state index contributed by atoms with van der Waals surface area (Å²) in [6.07, 6.45) is 0. The van der Waals surface area contributed by atoms with E-state index < -0.39 is 0 Å². The van der Waals surface area contributed by atoms with E-state index in [1.807, 2.05) is 13.8 Å². The first-order valence-electron chi connectivity index (χ1n) is 4.16. The molecule has 0 amide bonds. The van der Waals surface area contributed by atoms with Crippen LogP contribution in [0.25, 0.3) is 0 Å². The number of aromatic nitrogens is 1. The Balaban J connectivity index is 2.76. The highest BCUT2D eigenvalue weighted by atomic mass is 32.2. The van der Waals surface area contributed by atoms with Gasteiger partial charge in [-0.1, -0.05) is 13.8 Å². The Kier molecular flexibility index (Phi) is 4.24. The van der Waals surface area contributed by atoms with Gasteiger partial charge in [0.2, 0.25) is 0 Å². The Hall–Kier alpha value is -0.720. The number of hydrogen-bond donors (Lipinski definition) is 1. The average Bonchev–Trinajstić information content (AvgIpc) is 2.61. The lowest BCUT2D eigenvalue weighted by Gasteiger charge is -2.13. The number of ether oxygens (including phenoxy) is 1. The fraction of sp³-hybridized carbons (Fsp3) is 0.625. The Bertz CT molecular complexity index is 276. The van der Waals surface area contributed by atoms with Crippen LogP contribution in [0.3, 0.4) is 0 Å². The molecule has 1 N–H and O–H groups in total. The standard InChI is InChI=1S/C8H13NO4S/c1-5(2)8(14-13-10)6-4-7(11-3)9-12-6/h4-5,8,10H,1-3H3. The number of methoxy groups -OCH3 is 1. The zero-order chi connectivity index (χ0) is 10.6. The number of rotatable bonds is 5. The van der Waals surface area contributed by atoms with Gasteiger partial charge in [0.1, 0.15) is 0 Å². The lowest BCUT2D eigenvalue weighted by molar-refractivity contribution is -0.117. The summed E-state index contributed by atoms with van der Waals surface area (Å²) in [5.74, 6) is 1.30. The first-order valence-corrected chi connectivity index (χ1v) is 4.97. The van der Waals surface area contributed by atoms with Crippen molar-refractivity contribution < 1.29 is 18.9 Å². The van der Waals surface area contributed by atoms with Crippen molar-refractivity contribution in [3.63, 3.8) is 0 Å². The van der Waals surface area contributed by atoms with Crippen LogP contribution in [0.2, 0.25) is 0 Å². The molecule has 0 saturated carbocycles. The SMILES string of the molecule is COc1cc(C(SOO)C(C)C)on1. The maximum atomic E-state index is 8.38. The third-order valence-corrected chi connectivity index (χ3v) is 2.82. The van der Waals surface area contributed by atoms with Crippen molar-refractivity contribution in [3.8, 4) is 5.88 Å². The van der Waals surface area contributed by atoms with Crippen LogP contribution >= 0.6 is 12.0 Å². The minimum atomic E-state index is -0.101. The van der Waals surface area contributed by atoms with E-state index in [9.17, 15) is 0 Å². The van der Waals surface area contributed by atoms with Gasteiger partial charge in [-0.3, -0.25) is 0 Å². The summed E-state index contributed by atoms with van der Waals surface area (Å²) in [7, 11) is 1.52. The highest BCUT2D eigenvalue weighted by Crippen LogP contribution is 2.36. The Labute approximate surface area is 86.5 Å². The van der Waals surface area contributed by atoms with Crippen molar-refractivity contribution in [2.75, 3.05) is 7.11 Å². The topological polar surface area (TPSA) is 64.7 Å². The van der Waals surface area contributed by atoms with Crippen molar-refractivity contribution in [2.45, 2.75) is 19.1 Å². The fourth-order valence-electron chi connectivity index (χ4n) is 1.04. The molecule has 1 atom stereocenters. The lowest BCUT2D eigenvalue weighted by Crippen LogP contribution is -2.01. The van der Waals surface area contributed by atoms with Gasteiger partial charge < -0.3 is 9.26 Å². The van der Waals surface area contributed by atoms with E-state index in [0.29, 0.717) is 11.6 Å². The molecule has 0 fully saturated rings. The minimum absolute atomic E-state index is 0.101. The second-order valence-corrected chi connectivity index (χ2v) is 3.96. The maximum absolute atomic E-state index is 8.38. The largest absolute Gasteiger partial charge is 0.479 e. The van der Waals surface area contributed by atoms with Crippen molar-refractivity contribution in [1.82, 2.24) is 5.16 Å². The molecule has 1 aromatic heterocycles. The third kappa shape index (κ3) is 2.63. The van der Waals surface area contributed by atoms with E-state index in [1.165, 1.54) is 7.11 Å². The molecular formula is C8H13NO4S. The summed E-state index contributed by atoms with van der Waals surface area (Å²) in [5, 5.41) is 12.0. The van der Waals surface area contributed by atoms with Crippen LogP contribution in [0.4, 0.5) is 0 Å². The molecule has 1 rings (SSSR count). The van der Waals surface area contributed by atoms with Gasteiger partial charge >= 0.3 is 0 Å². The van der Waals surface area contributed by atoms with Crippen LogP contribution in [0.1, 0.15) is 24.9 Å². The van der Waals surface area contributed by atoms with Gasteiger partial charge in [-0.25, -0.2) is 5.26 Å². The van der Waals surface area contributed by atoms with Crippen molar-refractivity contribution in [2.24, 2.45) is 5.92 Å². The molecule has 0 bridgehead atoms. The predicted octanol–water partition coefficient (Wildman–Crippen LogP) is 2.52. The summed E-state index contributed by atoms with van der Waals surface area (Å²) in [4.78, 5) is 0. The Morgan fingerprint density at radius 1 is 1.57 bits per heavy atom. The van der Waals surface area contributed by atoms with Crippen LogP contribution in [-0.4, -0.2) is 17.5 Å². The molecule has 0 aliphatic rings. The molecular weight excluding hydrogens is 206 g/mol. The monoisotopic (exact) mass is 219 g/mol. The molecule has 0 aliphatic heterocycles. The van der Waals surface area contributed by atoms with Crippen LogP contribution in [-0.2, 0) is 4.33 Å². The summed E-state index contributed by atoms with van der Waals surface area (Å²) >= 11 is 0.928. The van der Waals surface area contributed by atoms with Gasteiger partial charge in [-0.2, -0.15) is 4.33 Å². The van der Waals surface area contributed by atoms with Gasteiger partial charge in [0.15, 0.2) is 5.76 Å². The molecule has 0 spiro atoms. The Morgan fingerprint density at radius 3 is 2.71 bits per heavy atom. The summed E-state index contributed by atoms with van der Waals surface area (Å²) in [6.45, 7) is 3.98. The van der Waals surface area contributed by atoms with Crippen LogP contribution in [0, 0.1) is 5.92 Å². The van der Waals surface area contributed by atoms with Gasteiger partial charge in [0, 0.05) is 18.1 Å². The minimum Gasteiger partial charge on any atom is -0.479 e. The van der Waals surface area contributed by atoms with Crippen molar-refractivity contribution >= 4 is 12.0 Å². The third-order valence-electron chi connectivity index (χ3n) is 1.75. The van der Waals surface area contributed by atoms with Crippen molar-refractivity contribution in [1.29, 1.82) is 0 Å². The molecule has 6 heteroatoms. The van der Waals surface area contributed by atoms with Crippen LogP contribution < -0.4 is 4.74 Å². The van der Waals surface area contributed by atoms with Gasteiger partial charge in [0.25, 0.3) is 5.88 Å². The molecule has 80 valence electrons. The second-order valence-electron chi connectivity index (χ2n) is 3.11. The van der Waals surface area contributed by atoms with E-state index in [-0.39, 0.29) is 11.2 Å². The average molecular weight is 219 g/mol. The molecule has 14 heavy (non-hydrogen) atoms. The van der Waals surface area contributed by atoms with E-state index >= 15 is 0 Å². The first kappa shape index (κ1) is 11.4. The quantitative estimate of drug-likeness (QED) is 0.466. The molecule has 1 heterocycles. The smallest absolute Gasteiger partial charge is 0.254 e. The molecule has 0 aromatic carbocycles. The molecule has 5 nitrogen and oxygen atoms in total. The van der Waals surface area contributed by atoms with Crippen LogP contribution in [0.15, 0.2) is 10.6 Å². The first-order chi connectivity index (χ1) is 6.69. The second kappa shape index (κ2) is 5.23. The highest BCUT2D eigenvalue weighted by molar-refractivity contribution is 7.94. The van der Waals surface area contributed by atoms with E-state index in [0.717, 1.165) is 12.0 Å². The normalized spacial score (nSPS) is 13.2. The molecule has 1 aromatic rings. The van der Waals surface area contributed by atoms with E-state index in [4.69, 9.17) is 14.5 Å². The zero-order valence-corrected chi connectivity index (χ0v) is 9.08. The van der Waals surface area contributed by atoms with E-state index in [1.54, 1.807) is 6.07 Å². The lowest BCUT2D eigenvalue weighted by atomic mass is 10.1. The summed E-state index contributed by atoms with van der Waals surface area (Å²) in [6, 6.07) is 1.68. The summed E-state index contributed by atoms with van der Waals surface area (Å²) in [5.41, 5.74) is 0. The molecule has 0 aliphatic carbocycles. The maximum Gasteiger partial charge on any atom is 0.254 e. The molecule has 0 radical (unpaired) electrons. The fourth-order valence-corrected chi connectivity index (χ4v) is 1.56. The number of hydrogen-bond acceptors (Lipinski definition) is 6. The van der Waals surface area contributed by atoms with E-state index in [2.05, 4.69) is 9.49 Å².